The van der Waals surface area contributed by atoms with Gasteiger partial charge < -0.3 is 9.84 Å². The maximum Gasteiger partial charge on any atom is 0.316 e. The predicted molar refractivity (Wildman–Crippen MR) is 76.2 cm³/mol. The monoisotopic (exact) mass is 274 g/mol. The van der Waals surface area contributed by atoms with Crippen molar-refractivity contribution in [1.82, 2.24) is 0 Å². The van der Waals surface area contributed by atoms with E-state index in [2.05, 4.69) is 0 Å². The van der Waals surface area contributed by atoms with E-state index >= 15 is 0 Å². The molecule has 4 atom stereocenters. The topological polar surface area (TPSA) is 46.5 Å². The second kappa shape index (κ2) is 5.96. The summed E-state index contributed by atoms with van der Waals surface area (Å²) < 4.78 is 5.68. The van der Waals surface area contributed by atoms with Crippen molar-refractivity contribution in [3.63, 3.8) is 0 Å². The fourth-order valence-corrected chi connectivity index (χ4v) is 3.79. The number of hydrogen-bond acceptors (Lipinski definition) is 3. The molecule has 0 saturated heterocycles. The van der Waals surface area contributed by atoms with Crippen molar-refractivity contribution in [3.8, 4) is 0 Å². The van der Waals surface area contributed by atoms with Crippen LogP contribution in [0.15, 0.2) is 30.3 Å². The lowest BCUT2D eigenvalue weighted by Crippen LogP contribution is -2.29. The van der Waals surface area contributed by atoms with Gasteiger partial charge in [-0.3, -0.25) is 4.79 Å². The van der Waals surface area contributed by atoms with Gasteiger partial charge in [0.2, 0.25) is 0 Å². The molecule has 108 valence electrons. The molecular formula is C17H22O3. The summed E-state index contributed by atoms with van der Waals surface area (Å²) in [5.41, 5.74) is 0.832. The fraction of sp³-hybridized carbons (Fsp3) is 0.588. The number of esters is 1. The molecule has 20 heavy (non-hydrogen) atoms. The van der Waals surface area contributed by atoms with E-state index < -0.39 is 5.92 Å². The van der Waals surface area contributed by atoms with Crippen molar-refractivity contribution < 1.29 is 14.6 Å². The zero-order valence-electron chi connectivity index (χ0n) is 11.7. The van der Waals surface area contributed by atoms with Crippen LogP contribution in [-0.4, -0.2) is 23.8 Å². The molecule has 0 radical (unpaired) electrons. The van der Waals surface area contributed by atoms with Crippen molar-refractivity contribution in [2.24, 2.45) is 11.8 Å². The number of carbonyl (C=O) groups is 1. The summed E-state index contributed by atoms with van der Waals surface area (Å²) in [4.78, 5) is 12.3. The Morgan fingerprint density at radius 3 is 2.40 bits per heavy atom. The smallest absolute Gasteiger partial charge is 0.316 e. The van der Waals surface area contributed by atoms with E-state index in [1.54, 1.807) is 0 Å². The molecule has 1 aromatic rings. The maximum atomic E-state index is 12.3. The van der Waals surface area contributed by atoms with Gasteiger partial charge >= 0.3 is 5.97 Å². The molecular weight excluding hydrogens is 252 g/mol. The van der Waals surface area contributed by atoms with Crippen molar-refractivity contribution >= 4 is 5.97 Å². The lowest BCUT2D eigenvalue weighted by molar-refractivity contribution is -0.154. The van der Waals surface area contributed by atoms with E-state index in [1.165, 1.54) is 19.3 Å². The van der Waals surface area contributed by atoms with Crippen molar-refractivity contribution in [2.75, 3.05) is 6.61 Å². The molecule has 2 saturated carbocycles. The molecule has 3 nitrogen and oxygen atoms in total. The van der Waals surface area contributed by atoms with Crippen LogP contribution in [0.1, 0.15) is 43.6 Å². The summed E-state index contributed by atoms with van der Waals surface area (Å²) in [6, 6.07) is 9.40. The van der Waals surface area contributed by atoms with Gasteiger partial charge in [0.05, 0.1) is 6.61 Å². The van der Waals surface area contributed by atoms with Gasteiger partial charge in [0.25, 0.3) is 0 Å². The summed E-state index contributed by atoms with van der Waals surface area (Å²) in [6.45, 7) is -0.192. The van der Waals surface area contributed by atoms with Gasteiger partial charge in [-0.05, 0) is 36.7 Å². The van der Waals surface area contributed by atoms with Crippen molar-refractivity contribution in [3.05, 3.63) is 35.9 Å². The van der Waals surface area contributed by atoms with Gasteiger partial charge in [0.1, 0.15) is 12.0 Å². The highest BCUT2D eigenvalue weighted by Gasteiger charge is 2.36. The molecule has 1 aromatic carbocycles. The van der Waals surface area contributed by atoms with Gasteiger partial charge in [-0.2, -0.15) is 0 Å². The first-order chi connectivity index (χ1) is 9.76. The normalized spacial score (nSPS) is 29.9. The molecule has 0 spiro atoms. The third-order valence-electron chi connectivity index (χ3n) is 4.79. The van der Waals surface area contributed by atoms with Gasteiger partial charge in [-0.1, -0.05) is 43.2 Å². The minimum Gasteiger partial charge on any atom is -0.462 e. The van der Waals surface area contributed by atoms with E-state index in [0.717, 1.165) is 30.2 Å². The highest BCUT2D eigenvalue weighted by atomic mass is 16.5. The number of ether oxygens (including phenoxy) is 1. The molecule has 2 aliphatic rings. The molecule has 0 aromatic heterocycles. The summed E-state index contributed by atoms with van der Waals surface area (Å²) in [6.07, 6.45) is 5.98. The predicted octanol–water partition coefficient (Wildman–Crippen LogP) is 2.88. The Bertz CT molecular complexity index is 445. The quantitative estimate of drug-likeness (QED) is 0.859. The number of aliphatic hydroxyl groups excluding tert-OH is 1. The van der Waals surface area contributed by atoms with E-state index in [4.69, 9.17) is 4.74 Å². The summed E-state index contributed by atoms with van der Waals surface area (Å²) in [5.74, 6) is 0.674. The lowest BCUT2D eigenvalue weighted by Gasteiger charge is -2.28. The molecule has 3 rings (SSSR count). The zero-order chi connectivity index (χ0) is 13.9. The van der Waals surface area contributed by atoms with Crippen molar-refractivity contribution in [1.29, 1.82) is 0 Å². The second-order valence-corrected chi connectivity index (χ2v) is 6.22. The third kappa shape index (κ3) is 2.88. The number of carbonyl (C=O) groups excluding carboxylic acids is 1. The Morgan fingerprint density at radius 2 is 1.80 bits per heavy atom. The number of aliphatic hydroxyl groups is 1. The van der Waals surface area contributed by atoms with Crippen LogP contribution in [0.3, 0.4) is 0 Å². The van der Waals surface area contributed by atoms with Crippen LogP contribution in [0.4, 0.5) is 0 Å². The Balaban J connectivity index is 1.63. The van der Waals surface area contributed by atoms with Crippen LogP contribution >= 0.6 is 0 Å². The Morgan fingerprint density at radius 1 is 1.15 bits per heavy atom. The number of hydrogen-bond donors (Lipinski definition) is 1. The highest BCUT2D eigenvalue weighted by molar-refractivity contribution is 5.78. The molecule has 2 unspecified atom stereocenters. The lowest BCUT2D eigenvalue weighted by atomic mass is 9.87. The maximum absolute atomic E-state index is 12.3. The van der Waals surface area contributed by atoms with Crippen molar-refractivity contribution in [2.45, 2.75) is 44.1 Å². The molecule has 2 aliphatic carbocycles. The molecule has 0 heterocycles. The number of benzene rings is 1. The largest absolute Gasteiger partial charge is 0.462 e. The van der Waals surface area contributed by atoms with Crippen LogP contribution in [-0.2, 0) is 9.53 Å². The Labute approximate surface area is 120 Å². The minimum atomic E-state index is -0.546. The van der Waals surface area contributed by atoms with E-state index in [9.17, 15) is 9.90 Å². The van der Waals surface area contributed by atoms with E-state index in [0.29, 0.717) is 0 Å². The van der Waals surface area contributed by atoms with Gasteiger partial charge in [0, 0.05) is 0 Å². The molecule has 0 aliphatic heterocycles. The summed E-state index contributed by atoms with van der Waals surface area (Å²) >= 11 is 0. The van der Waals surface area contributed by atoms with Gasteiger partial charge in [0.15, 0.2) is 0 Å². The van der Waals surface area contributed by atoms with E-state index in [-0.39, 0.29) is 18.7 Å². The zero-order valence-corrected chi connectivity index (χ0v) is 11.7. The SMILES string of the molecule is O=C(OC1C[C@H]2CC[C@@H](C1)C2)C(CO)c1ccccc1. The third-order valence-corrected chi connectivity index (χ3v) is 4.79. The van der Waals surface area contributed by atoms with Gasteiger partial charge in [-0.25, -0.2) is 0 Å². The first-order valence-electron chi connectivity index (χ1n) is 7.62. The summed E-state index contributed by atoms with van der Waals surface area (Å²) in [7, 11) is 0. The summed E-state index contributed by atoms with van der Waals surface area (Å²) in [5, 5.41) is 9.49. The van der Waals surface area contributed by atoms with Crippen LogP contribution in [0.25, 0.3) is 0 Å². The van der Waals surface area contributed by atoms with Crippen LogP contribution in [0, 0.1) is 11.8 Å². The van der Waals surface area contributed by atoms with Gasteiger partial charge in [-0.15, -0.1) is 0 Å². The minimum absolute atomic E-state index is 0.0616. The average molecular weight is 274 g/mol. The molecule has 0 amide bonds. The molecule has 1 N–H and O–H groups in total. The standard InChI is InChI=1S/C17H22O3/c18-11-16(14-4-2-1-3-5-14)17(19)20-15-9-12-6-7-13(8-12)10-15/h1-5,12-13,15-16,18H,6-11H2/t12-,13+,15?,16?. The fourth-order valence-electron chi connectivity index (χ4n) is 3.79. The number of fused-ring (bicyclic) bond motifs is 2. The molecule has 2 fully saturated rings. The molecule has 3 heteroatoms. The highest BCUT2D eigenvalue weighted by Crippen LogP contribution is 2.43. The first-order valence-corrected chi connectivity index (χ1v) is 7.62. The number of rotatable bonds is 4. The first kappa shape index (κ1) is 13.6. The van der Waals surface area contributed by atoms with Crippen LogP contribution in [0.5, 0.6) is 0 Å². The average Bonchev–Trinajstić information content (AvgIpc) is 2.80. The second-order valence-electron chi connectivity index (χ2n) is 6.22. The molecule has 2 bridgehead atoms. The van der Waals surface area contributed by atoms with Crippen LogP contribution < -0.4 is 0 Å². The Kier molecular flexibility index (Phi) is 4.06. The van der Waals surface area contributed by atoms with Crippen LogP contribution in [0.2, 0.25) is 0 Å². The Hall–Kier alpha value is -1.35. The van der Waals surface area contributed by atoms with E-state index in [1.807, 2.05) is 30.3 Å².